The number of nitrogens with zero attached hydrogens (tertiary/aromatic N) is 1. The molecule has 2 rings (SSSR count). The minimum absolute atomic E-state index is 0.00560. The summed E-state index contributed by atoms with van der Waals surface area (Å²) in [6.07, 6.45) is 4.93. The lowest BCUT2D eigenvalue weighted by Gasteiger charge is -2.25. The van der Waals surface area contributed by atoms with Gasteiger partial charge in [-0.3, -0.25) is 0 Å². The summed E-state index contributed by atoms with van der Waals surface area (Å²) in [4.78, 5) is 0.266. The predicted molar refractivity (Wildman–Crippen MR) is 69.6 cm³/mol. The fraction of sp³-hybridized carbons (Fsp3) is 0.500. The average molecular weight is 263 g/mol. The lowest BCUT2D eigenvalue weighted by atomic mass is 9.87. The third-order valence-electron chi connectivity index (χ3n) is 3.61. The molecule has 0 saturated heterocycles. The van der Waals surface area contributed by atoms with Crippen LogP contribution in [0.15, 0.2) is 35.2 Å². The molecule has 1 aromatic carbocycles. The summed E-state index contributed by atoms with van der Waals surface area (Å²) < 4.78 is 24.9. The monoisotopic (exact) mass is 263 g/mol. The van der Waals surface area contributed by atoms with Gasteiger partial charge in [0.2, 0.25) is 0 Å². The quantitative estimate of drug-likeness (QED) is 0.842. The molecule has 0 heterocycles. The highest BCUT2D eigenvalue weighted by Gasteiger charge is 2.35. The Labute approximate surface area is 108 Å². The van der Waals surface area contributed by atoms with Crippen molar-refractivity contribution in [3.8, 4) is 6.07 Å². The van der Waals surface area contributed by atoms with Gasteiger partial charge in [-0.05, 0) is 30.9 Å². The summed E-state index contributed by atoms with van der Waals surface area (Å²) in [5.41, 5.74) is 0. The van der Waals surface area contributed by atoms with E-state index in [0.717, 1.165) is 32.1 Å². The van der Waals surface area contributed by atoms with Gasteiger partial charge >= 0.3 is 0 Å². The van der Waals surface area contributed by atoms with Gasteiger partial charge in [-0.15, -0.1) is 0 Å². The van der Waals surface area contributed by atoms with E-state index < -0.39 is 15.1 Å². The Morgan fingerprint density at radius 2 is 1.72 bits per heavy atom. The molecule has 1 fully saturated rings. The molecular formula is C14H17NO2S. The fourth-order valence-electron chi connectivity index (χ4n) is 2.62. The van der Waals surface area contributed by atoms with Crippen molar-refractivity contribution in [2.45, 2.75) is 42.2 Å². The molecule has 0 radical (unpaired) electrons. The molecule has 0 aliphatic heterocycles. The number of hydrogen-bond donors (Lipinski definition) is 0. The maximum atomic E-state index is 12.4. The van der Waals surface area contributed by atoms with E-state index in [1.165, 1.54) is 0 Å². The van der Waals surface area contributed by atoms with Crippen LogP contribution in [0, 0.1) is 17.2 Å². The van der Waals surface area contributed by atoms with Gasteiger partial charge in [-0.25, -0.2) is 8.42 Å². The molecule has 1 aliphatic rings. The van der Waals surface area contributed by atoms with E-state index in [1.54, 1.807) is 30.3 Å². The van der Waals surface area contributed by atoms with Crippen LogP contribution >= 0.6 is 0 Å². The second kappa shape index (κ2) is 5.53. The molecule has 0 bridgehead atoms. The second-order valence-electron chi connectivity index (χ2n) is 4.81. The molecular weight excluding hydrogens is 246 g/mol. The average Bonchev–Trinajstić information content (AvgIpc) is 2.41. The summed E-state index contributed by atoms with van der Waals surface area (Å²) in [5.74, 6) is -0.00560. The normalized spacial score (nSPS) is 19.1. The standard InChI is InChI=1S/C14H17NO2S/c15-11-14(12-7-3-1-4-8-12)18(16,17)13-9-5-2-6-10-13/h2,5-6,9-10,12,14H,1,3-4,7-8H2/t14-/m1/s1. The molecule has 1 aromatic rings. The first-order valence-corrected chi connectivity index (χ1v) is 7.89. The SMILES string of the molecule is N#C[C@H](C1CCCCC1)S(=O)(=O)c1ccccc1. The molecule has 1 saturated carbocycles. The summed E-state index contributed by atoms with van der Waals surface area (Å²) in [7, 11) is -3.51. The van der Waals surface area contributed by atoms with E-state index in [0.29, 0.717) is 0 Å². The molecule has 0 N–H and O–H groups in total. The summed E-state index contributed by atoms with van der Waals surface area (Å²) in [6, 6.07) is 10.3. The molecule has 0 unspecified atom stereocenters. The zero-order valence-corrected chi connectivity index (χ0v) is 11.1. The third-order valence-corrected chi connectivity index (χ3v) is 5.70. The van der Waals surface area contributed by atoms with Crippen molar-refractivity contribution in [3.05, 3.63) is 30.3 Å². The number of sulfone groups is 1. The number of hydrogen-bond acceptors (Lipinski definition) is 3. The van der Waals surface area contributed by atoms with Gasteiger partial charge in [0.25, 0.3) is 0 Å². The first kappa shape index (κ1) is 13.1. The lowest BCUT2D eigenvalue weighted by Crippen LogP contribution is -2.30. The highest BCUT2D eigenvalue weighted by molar-refractivity contribution is 7.92. The minimum Gasteiger partial charge on any atom is -0.222 e. The molecule has 1 atom stereocenters. The highest BCUT2D eigenvalue weighted by atomic mass is 32.2. The van der Waals surface area contributed by atoms with E-state index in [9.17, 15) is 13.7 Å². The summed E-state index contributed by atoms with van der Waals surface area (Å²) >= 11 is 0. The van der Waals surface area contributed by atoms with E-state index in [1.807, 2.05) is 6.07 Å². The summed E-state index contributed by atoms with van der Waals surface area (Å²) in [6.45, 7) is 0. The van der Waals surface area contributed by atoms with Gasteiger partial charge in [0, 0.05) is 0 Å². The van der Waals surface area contributed by atoms with Crippen molar-refractivity contribution in [1.29, 1.82) is 5.26 Å². The van der Waals surface area contributed by atoms with Crippen molar-refractivity contribution >= 4 is 9.84 Å². The van der Waals surface area contributed by atoms with Crippen LogP contribution in [0.2, 0.25) is 0 Å². The Kier molecular flexibility index (Phi) is 4.03. The van der Waals surface area contributed by atoms with E-state index in [-0.39, 0.29) is 10.8 Å². The first-order chi connectivity index (χ1) is 8.66. The zero-order chi connectivity index (χ0) is 13.0. The number of rotatable bonds is 3. The Morgan fingerprint density at radius 3 is 2.28 bits per heavy atom. The topological polar surface area (TPSA) is 57.9 Å². The van der Waals surface area contributed by atoms with Gasteiger partial charge in [0.15, 0.2) is 15.1 Å². The number of benzene rings is 1. The largest absolute Gasteiger partial charge is 0.222 e. The lowest BCUT2D eigenvalue weighted by molar-refractivity contribution is 0.362. The smallest absolute Gasteiger partial charge is 0.194 e. The fourth-order valence-corrected chi connectivity index (χ4v) is 4.37. The van der Waals surface area contributed by atoms with Crippen molar-refractivity contribution in [2.75, 3.05) is 0 Å². The predicted octanol–water partition coefficient (Wildman–Crippen LogP) is 2.93. The van der Waals surface area contributed by atoms with Gasteiger partial charge in [-0.1, -0.05) is 37.5 Å². The van der Waals surface area contributed by atoms with Crippen molar-refractivity contribution in [2.24, 2.45) is 5.92 Å². The van der Waals surface area contributed by atoms with Crippen molar-refractivity contribution < 1.29 is 8.42 Å². The molecule has 18 heavy (non-hydrogen) atoms. The molecule has 3 nitrogen and oxygen atoms in total. The Bertz CT molecular complexity index is 525. The van der Waals surface area contributed by atoms with Crippen LogP contribution in [0.25, 0.3) is 0 Å². The van der Waals surface area contributed by atoms with Gasteiger partial charge in [0.1, 0.15) is 0 Å². The Morgan fingerprint density at radius 1 is 1.11 bits per heavy atom. The van der Waals surface area contributed by atoms with Crippen LogP contribution in [0.3, 0.4) is 0 Å². The Hall–Kier alpha value is -1.34. The molecule has 96 valence electrons. The number of nitriles is 1. The van der Waals surface area contributed by atoms with E-state index in [2.05, 4.69) is 0 Å². The maximum absolute atomic E-state index is 12.4. The Balaban J connectivity index is 2.30. The van der Waals surface area contributed by atoms with Crippen LogP contribution in [0.4, 0.5) is 0 Å². The van der Waals surface area contributed by atoms with Crippen LogP contribution < -0.4 is 0 Å². The zero-order valence-electron chi connectivity index (χ0n) is 10.2. The molecule has 1 aliphatic carbocycles. The van der Waals surface area contributed by atoms with Crippen molar-refractivity contribution in [1.82, 2.24) is 0 Å². The summed E-state index contributed by atoms with van der Waals surface area (Å²) in [5, 5.41) is 8.36. The van der Waals surface area contributed by atoms with Crippen LogP contribution in [0.5, 0.6) is 0 Å². The first-order valence-electron chi connectivity index (χ1n) is 6.35. The van der Waals surface area contributed by atoms with Gasteiger partial charge < -0.3 is 0 Å². The van der Waals surface area contributed by atoms with Crippen LogP contribution in [-0.2, 0) is 9.84 Å². The van der Waals surface area contributed by atoms with Crippen LogP contribution in [0.1, 0.15) is 32.1 Å². The van der Waals surface area contributed by atoms with Gasteiger partial charge in [-0.2, -0.15) is 5.26 Å². The van der Waals surface area contributed by atoms with Crippen molar-refractivity contribution in [3.63, 3.8) is 0 Å². The molecule has 4 heteroatoms. The maximum Gasteiger partial charge on any atom is 0.194 e. The second-order valence-corrected chi connectivity index (χ2v) is 6.88. The molecule has 0 spiro atoms. The minimum atomic E-state index is -3.51. The molecule has 0 aromatic heterocycles. The highest BCUT2D eigenvalue weighted by Crippen LogP contribution is 2.32. The van der Waals surface area contributed by atoms with E-state index >= 15 is 0 Å². The van der Waals surface area contributed by atoms with E-state index in [4.69, 9.17) is 0 Å². The third kappa shape index (κ3) is 2.56. The molecule has 0 amide bonds. The van der Waals surface area contributed by atoms with Gasteiger partial charge in [0.05, 0.1) is 11.0 Å². The van der Waals surface area contributed by atoms with Crippen LogP contribution in [-0.4, -0.2) is 13.7 Å².